The van der Waals surface area contributed by atoms with Gasteiger partial charge in [0.15, 0.2) is 0 Å². The van der Waals surface area contributed by atoms with Crippen molar-refractivity contribution in [2.75, 3.05) is 20.3 Å². The van der Waals surface area contributed by atoms with Gasteiger partial charge in [0.05, 0.1) is 24.9 Å². The molecule has 0 radical (unpaired) electrons. The van der Waals surface area contributed by atoms with Crippen molar-refractivity contribution < 1.29 is 14.6 Å². The fraction of sp³-hybridized carbons (Fsp3) is 0.440. The van der Waals surface area contributed by atoms with Crippen molar-refractivity contribution in [1.82, 2.24) is 4.98 Å². The van der Waals surface area contributed by atoms with Gasteiger partial charge >= 0.3 is 0 Å². The molecule has 3 aromatic rings. The Labute approximate surface area is 186 Å². The third kappa shape index (κ3) is 3.47. The van der Waals surface area contributed by atoms with Crippen molar-refractivity contribution in [2.24, 2.45) is 0 Å². The monoisotopic (exact) mass is 471 g/mol. The van der Waals surface area contributed by atoms with E-state index in [0.717, 1.165) is 45.4 Å². The quantitative estimate of drug-likeness (QED) is 0.443. The number of hydrogen-bond donors (Lipinski definition) is 2. The van der Waals surface area contributed by atoms with Gasteiger partial charge in [0, 0.05) is 34.0 Å². The molecule has 0 fully saturated rings. The van der Waals surface area contributed by atoms with Crippen LogP contribution in [0.5, 0.6) is 5.75 Å². The summed E-state index contributed by atoms with van der Waals surface area (Å²) in [6, 6.07) is 10.7. The van der Waals surface area contributed by atoms with E-state index >= 15 is 0 Å². The number of hydrogen-bond acceptors (Lipinski definition) is 3. The van der Waals surface area contributed by atoms with Crippen LogP contribution in [0.25, 0.3) is 22.0 Å². The van der Waals surface area contributed by atoms with E-state index in [2.05, 4.69) is 59.9 Å². The number of aromatic nitrogens is 1. The lowest BCUT2D eigenvalue weighted by Gasteiger charge is -2.36. The fourth-order valence-corrected chi connectivity index (χ4v) is 5.07. The van der Waals surface area contributed by atoms with E-state index in [9.17, 15) is 5.11 Å². The standard InChI is InChI=1S/C25H30BrNO3/c1-5-25(9-10-28)24-18(8-11-30-25)20-12-16(15(2)3)13-21(23(20)27-24)19-14-17(26)6-7-22(19)29-4/h6-7,12-15,27-28H,5,8-11H2,1-4H3. The lowest BCUT2D eigenvalue weighted by molar-refractivity contribution is -0.0795. The molecular weight excluding hydrogens is 442 g/mol. The number of aromatic amines is 1. The van der Waals surface area contributed by atoms with Gasteiger partial charge in [0.1, 0.15) is 11.4 Å². The highest BCUT2D eigenvalue weighted by atomic mass is 79.9. The number of rotatable bonds is 6. The number of benzene rings is 2. The van der Waals surface area contributed by atoms with Gasteiger partial charge in [-0.3, -0.25) is 0 Å². The number of H-pyrrole nitrogens is 1. The summed E-state index contributed by atoms with van der Waals surface area (Å²) < 4.78 is 13.0. The second-order valence-corrected chi connectivity index (χ2v) is 9.30. The van der Waals surface area contributed by atoms with Crippen LogP contribution in [-0.2, 0) is 16.8 Å². The first kappa shape index (κ1) is 21.4. The Hall–Kier alpha value is -1.82. The van der Waals surface area contributed by atoms with E-state index in [1.165, 1.54) is 16.5 Å². The zero-order valence-corrected chi connectivity index (χ0v) is 19.7. The predicted octanol–water partition coefficient (Wildman–Crippen LogP) is 6.29. The minimum Gasteiger partial charge on any atom is -0.496 e. The molecule has 0 spiro atoms. The first-order valence-corrected chi connectivity index (χ1v) is 11.5. The predicted molar refractivity (Wildman–Crippen MR) is 125 cm³/mol. The maximum absolute atomic E-state index is 9.75. The summed E-state index contributed by atoms with van der Waals surface area (Å²) in [5, 5.41) is 11.0. The highest BCUT2D eigenvalue weighted by Crippen LogP contribution is 2.45. The van der Waals surface area contributed by atoms with Crippen LogP contribution >= 0.6 is 15.9 Å². The highest BCUT2D eigenvalue weighted by molar-refractivity contribution is 9.10. The molecule has 30 heavy (non-hydrogen) atoms. The number of methoxy groups -OCH3 is 1. The van der Waals surface area contributed by atoms with E-state index in [1.807, 2.05) is 12.1 Å². The summed E-state index contributed by atoms with van der Waals surface area (Å²) in [6.45, 7) is 7.37. The van der Waals surface area contributed by atoms with Gasteiger partial charge < -0.3 is 19.6 Å². The first-order valence-electron chi connectivity index (χ1n) is 10.7. The Morgan fingerprint density at radius 3 is 2.70 bits per heavy atom. The van der Waals surface area contributed by atoms with Crippen molar-refractivity contribution in [3.63, 3.8) is 0 Å². The third-order valence-corrected chi connectivity index (χ3v) is 6.92. The molecule has 4 rings (SSSR count). The summed E-state index contributed by atoms with van der Waals surface area (Å²) in [7, 11) is 1.72. The average Bonchev–Trinajstić information content (AvgIpc) is 3.13. The van der Waals surface area contributed by atoms with Crippen molar-refractivity contribution in [3.05, 3.63) is 51.6 Å². The third-order valence-electron chi connectivity index (χ3n) is 6.43. The largest absolute Gasteiger partial charge is 0.496 e. The maximum atomic E-state index is 9.75. The minimum atomic E-state index is -0.460. The number of ether oxygens (including phenoxy) is 2. The van der Waals surface area contributed by atoms with Gasteiger partial charge in [-0.25, -0.2) is 0 Å². The first-order chi connectivity index (χ1) is 14.4. The van der Waals surface area contributed by atoms with Gasteiger partial charge in [0.2, 0.25) is 0 Å². The van der Waals surface area contributed by atoms with Crippen LogP contribution in [0, 0.1) is 0 Å². The molecule has 0 saturated heterocycles. The van der Waals surface area contributed by atoms with Gasteiger partial charge in [-0.15, -0.1) is 0 Å². The van der Waals surface area contributed by atoms with Crippen LogP contribution < -0.4 is 4.74 Å². The fourth-order valence-electron chi connectivity index (χ4n) is 4.71. The van der Waals surface area contributed by atoms with E-state index in [0.29, 0.717) is 18.9 Å². The van der Waals surface area contributed by atoms with E-state index in [4.69, 9.17) is 9.47 Å². The van der Waals surface area contributed by atoms with Crippen LogP contribution in [0.4, 0.5) is 0 Å². The summed E-state index contributed by atoms with van der Waals surface area (Å²) >= 11 is 3.63. The van der Waals surface area contributed by atoms with E-state index in [-0.39, 0.29) is 6.61 Å². The Kier molecular flexibility index (Phi) is 5.97. The van der Waals surface area contributed by atoms with Crippen molar-refractivity contribution in [2.45, 2.75) is 51.6 Å². The molecule has 0 saturated carbocycles. The van der Waals surface area contributed by atoms with Crippen LogP contribution in [0.15, 0.2) is 34.8 Å². The van der Waals surface area contributed by atoms with Crippen LogP contribution in [0.1, 0.15) is 56.4 Å². The SMILES string of the molecule is CCC1(CCO)OCCc2c1[nH]c1c(-c3cc(Br)ccc3OC)cc(C(C)C)cc21. The number of aliphatic hydroxyl groups excluding tert-OH is 1. The van der Waals surface area contributed by atoms with Crippen LogP contribution in [-0.4, -0.2) is 30.4 Å². The molecule has 1 aliphatic heterocycles. The number of nitrogens with one attached hydrogen (secondary N) is 1. The average molecular weight is 472 g/mol. The smallest absolute Gasteiger partial charge is 0.126 e. The van der Waals surface area contributed by atoms with E-state index in [1.54, 1.807) is 7.11 Å². The molecule has 2 N–H and O–H groups in total. The van der Waals surface area contributed by atoms with Gasteiger partial charge in [0.25, 0.3) is 0 Å². The molecule has 160 valence electrons. The second-order valence-electron chi connectivity index (χ2n) is 8.39. The summed E-state index contributed by atoms with van der Waals surface area (Å²) in [5.74, 6) is 1.26. The van der Waals surface area contributed by atoms with Gasteiger partial charge in [-0.2, -0.15) is 0 Å². The Morgan fingerprint density at radius 2 is 2.03 bits per heavy atom. The molecule has 2 heterocycles. The van der Waals surface area contributed by atoms with Crippen LogP contribution in [0.2, 0.25) is 0 Å². The molecule has 1 unspecified atom stereocenters. The number of aliphatic hydroxyl groups is 1. The van der Waals surface area contributed by atoms with Crippen molar-refractivity contribution in [3.8, 4) is 16.9 Å². The zero-order valence-electron chi connectivity index (χ0n) is 18.1. The molecule has 4 nitrogen and oxygen atoms in total. The topological polar surface area (TPSA) is 54.5 Å². The van der Waals surface area contributed by atoms with Crippen molar-refractivity contribution in [1.29, 1.82) is 0 Å². The Morgan fingerprint density at radius 1 is 1.23 bits per heavy atom. The van der Waals surface area contributed by atoms with Crippen molar-refractivity contribution >= 4 is 26.8 Å². The molecule has 0 bridgehead atoms. The number of halogens is 1. The molecular formula is C25H30BrNO3. The Bertz CT molecular complexity index is 1070. The normalized spacial score (nSPS) is 18.8. The molecule has 0 amide bonds. The molecule has 1 aliphatic rings. The second kappa shape index (κ2) is 8.37. The maximum Gasteiger partial charge on any atom is 0.126 e. The molecule has 2 aromatic carbocycles. The lowest BCUT2D eigenvalue weighted by Crippen LogP contribution is -2.36. The van der Waals surface area contributed by atoms with Gasteiger partial charge in [-0.1, -0.05) is 36.7 Å². The summed E-state index contributed by atoms with van der Waals surface area (Å²) in [4.78, 5) is 3.74. The Balaban J connectivity index is 2.06. The molecule has 1 aromatic heterocycles. The molecule has 1 atom stereocenters. The van der Waals surface area contributed by atoms with Crippen LogP contribution in [0.3, 0.4) is 0 Å². The highest BCUT2D eigenvalue weighted by Gasteiger charge is 2.38. The summed E-state index contributed by atoms with van der Waals surface area (Å²) in [6.07, 6.45) is 2.29. The molecule has 5 heteroatoms. The number of fused-ring (bicyclic) bond motifs is 3. The summed E-state index contributed by atoms with van der Waals surface area (Å²) in [5.41, 5.74) is 6.60. The lowest BCUT2D eigenvalue weighted by atomic mass is 9.86. The minimum absolute atomic E-state index is 0.103. The zero-order chi connectivity index (χ0) is 21.5. The van der Waals surface area contributed by atoms with Gasteiger partial charge in [-0.05, 0) is 60.2 Å². The van der Waals surface area contributed by atoms with E-state index < -0.39 is 5.60 Å². The molecule has 0 aliphatic carbocycles.